The molecule has 2 aliphatic carbocycles. The molecule has 2 heteroatoms. The summed E-state index contributed by atoms with van der Waals surface area (Å²) in [5.74, 6) is 0.701. The van der Waals surface area contributed by atoms with Crippen LogP contribution in [0.4, 0.5) is 0 Å². The minimum absolute atomic E-state index is 0.429. The maximum atomic E-state index is 5.40. The van der Waals surface area contributed by atoms with E-state index >= 15 is 0 Å². The van der Waals surface area contributed by atoms with E-state index in [1.165, 1.54) is 88.0 Å². The van der Waals surface area contributed by atoms with Gasteiger partial charge in [0.05, 0.1) is 16.8 Å². The van der Waals surface area contributed by atoms with Crippen molar-refractivity contribution in [3.05, 3.63) is 241 Å². The van der Waals surface area contributed by atoms with Crippen LogP contribution in [0.2, 0.25) is 0 Å². The van der Waals surface area contributed by atoms with Gasteiger partial charge in [-0.2, -0.15) is 0 Å². The number of nitrogens with zero attached hydrogens (tertiary/aromatic N) is 2. The predicted octanol–water partition coefficient (Wildman–Crippen LogP) is 14.9. The second kappa shape index (κ2) is 13.0. The van der Waals surface area contributed by atoms with Crippen molar-refractivity contribution in [3.63, 3.8) is 0 Å². The van der Waals surface area contributed by atoms with Crippen LogP contribution in [0.25, 0.3) is 99.6 Å². The van der Waals surface area contributed by atoms with Crippen molar-refractivity contribution in [3.8, 4) is 67.3 Å². The normalized spacial score (nSPS) is 13.0. The van der Waals surface area contributed by atoms with Crippen molar-refractivity contribution in [1.82, 2.24) is 9.97 Å². The molecule has 0 saturated carbocycles. The van der Waals surface area contributed by atoms with E-state index < -0.39 is 5.41 Å². The summed E-state index contributed by atoms with van der Waals surface area (Å²) in [6.45, 7) is 0. The van der Waals surface area contributed by atoms with Gasteiger partial charge in [-0.05, 0) is 106 Å². The Morgan fingerprint density at radius 2 is 0.803 bits per heavy atom. The van der Waals surface area contributed by atoms with E-state index in [9.17, 15) is 0 Å². The second-order valence-electron chi connectivity index (χ2n) is 16.4. The highest BCUT2D eigenvalue weighted by atomic mass is 14.9. The van der Waals surface area contributed by atoms with Crippen LogP contribution in [0.5, 0.6) is 0 Å². The Bertz CT molecular complexity index is 3520. The molecule has 0 N–H and O–H groups in total. The van der Waals surface area contributed by atoms with E-state index in [-0.39, 0.29) is 0 Å². The number of fused-ring (bicyclic) bond motifs is 14. The standard InChI is InChI=1S/C59H36N2/c1-2-15-38(16-3-1)55-36-56(42-31-32-48-47-22-10-13-25-53(47)59(54(48)35-42)51-23-11-8-20-45(51)46-21-9-12-24-52(46)59)61-58(60-55)40-28-26-39(27-29-40)57-44-19-7-5-17-41(44)34-50-43-18-6-4-14-37(43)30-33-49(50)57/h1-36H. The summed E-state index contributed by atoms with van der Waals surface area (Å²) in [6, 6.07) is 79.7. The smallest absolute Gasteiger partial charge is 0.160 e. The molecular weight excluding hydrogens is 737 g/mol. The summed E-state index contributed by atoms with van der Waals surface area (Å²) in [6.07, 6.45) is 0. The number of aromatic nitrogens is 2. The molecule has 2 aliphatic rings. The molecule has 2 nitrogen and oxygen atoms in total. The summed E-state index contributed by atoms with van der Waals surface area (Å²) in [5, 5.41) is 7.51. The van der Waals surface area contributed by atoms with Gasteiger partial charge in [0.1, 0.15) is 0 Å². The lowest BCUT2D eigenvalue weighted by atomic mass is 9.70. The van der Waals surface area contributed by atoms with Crippen molar-refractivity contribution in [2.75, 3.05) is 0 Å². The van der Waals surface area contributed by atoms with Gasteiger partial charge in [-0.1, -0.05) is 200 Å². The van der Waals surface area contributed by atoms with Crippen LogP contribution in [0, 0.1) is 0 Å². The lowest BCUT2D eigenvalue weighted by Crippen LogP contribution is -2.25. The van der Waals surface area contributed by atoms with Crippen molar-refractivity contribution < 1.29 is 0 Å². The Labute approximate surface area is 354 Å². The van der Waals surface area contributed by atoms with Crippen LogP contribution >= 0.6 is 0 Å². The highest BCUT2D eigenvalue weighted by Crippen LogP contribution is 2.63. The van der Waals surface area contributed by atoms with Gasteiger partial charge in [0, 0.05) is 16.7 Å². The van der Waals surface area contributed by atoms with Crippen LogP contribution in [0.1, 0.15) is 22.3 Å². The molecule has 10 aromatic carbocycles. The zero-order valence-electron chi connectivity index (χ0n) is 33.2. The monoisotopic (exact) mass is 772 g/mol. The van der Waals surface area contributed by atoms with E-state index in [0.717, 1.165) is 28.1 Å². The first-order valence-corrected chi connectivity index (χ1v) is 21.1. The van der Waals surface area contributed by atoms with Crippen LogP contribution in [-0.4, -0.2) is 9.97 Å². The highest BCUT2D eigenvalue weighted by molar-refractivity contribution is 6.20. The molecular formula is C59H36N2. The van der Waals surface area contributed by atoms with E-state index in [0.29, 0.717) is 5.82 Å². The average Bonchev–Trinajstić information content (AvgIpc) is 3.80. The second-order valence-corrected chi connectivity index (χ2v) is 16.4. The number of hydrogen-bond donors (Lipinski definition) is 0. The average molecular weight is 773 g/mol. The predicted molar refractivity (Wildman–Crippen MR) is 253 cm³/mol. The summed E-state index contributed by atoms with van der Waals surface area (Å²) in [5.41, 5.74) is 17.3. The van der Waals surface area contributed by atoms with Crippen molar-refractivity contribution in [2.24, 2.45) is 0 Å². The van der Waals surface area contributed by atoms with Gasteiger partial charge in [0.2, 0.25) is 0 Å². The third kappa shape index (κ3) is 4.91. The number of hydrogen-bond acceptors (Lipinski definition) is 2. The molecule has 1 aromatic heterocycles. The van der Waals surface area contributed by atoms with Gasteiger partial charge in [-0.3, -0.25) is 0 Å². The van der Waals surface area contributed by atoms with Gasteiger partial charge in [-0.25, -0.2) is 9.97 Å². The first-order valence-electron chi connectivity index (χ1n) is 21.1. The zero-order valence-corrected chi connectivity index (χ0v) is 33.2. The van der Waals surface area contributed by atoms with Crippen molar-refractivity contribution >= 4 is 32.3 Å². The molecule has 11 aromatic rings. The Morgan fingerprint density at radius 3 is 1.49 bits per heavy atom. The molecule has 0 unspecified atom stereocenters. The summed E-state index contributed by atoms with van der Waals surface area (Å²) in [4.78, 5) is 10.7. The molecule has 0 fully saturated rings. The Balaban J connectivity index is 0.989. The Hall–Kier alpha value is -7.94. The molecule has 0 aliphatic heterocycles. The van der Waals surface area contributed by atoms with Gasteiger partial charge in [0.25, 0.3) is 0 Å². The van der Waals surface area contributed by atoms with Gasteiger partial charge >= 0.3 is 0 Å². The maximum Gasteiger partial charge on any atom is 0.160 e. The molecule has 0 amide bonds. The van der Waals surface area contributed by atoms with Crippen molar-refractivity contribution in [1.29, 1.82) is 0 Å². The van der Waals surface area contributed by atoms with Crippen LogP contribution in [0.15, 0.2) is 218 Å². The minimum atomic E-state index is -0.429. The molecule has 13 rings (SSSR count). The molecule has 0 saturated heterocycles. The molecule has 61 heavy (non-hydrogen) atoms. The zero-order chi connectivity index (χ0) is 40.1. The van der Waals surface area contributed by atoms with E-state index in [4.69, 9.17) is 9.97 Å². The summed E-state index contributed by atoms with van der Waals surface area (Å²) in [7, 11) is 0. The summed E-state index contributed by atoms with van der Waals surface area (Å²) >= 11 is 0. The first kappa shape index (κ1) is 34.0. The molecule has 1 spiro atoms. The number of benzene rings is 10. The SMILES string of the molecule is c1ccc(-c2cc(-c3ccc4c(c3)C3(c5ccccc5-c5ccccc53)c3ccccc3-4)nc(-c3ccc(-c4c5ccccc5cc5c4ccc4ccccc45)cc3)n2)cc1. The van der Waals surface area contributed by atoms with Crippen LogP contribution in [-0.2, 0) is 5.41 Å². The topological polar surface area (TPSA) is 25.8 Å². The van der Waals surface area contributed by atoms with Crippen LogP contribution < -0.4 is 0 Å². The fourth-order valence-corrected chi connectivity index (χ4v) is 10.7. The Morgan fingerprint density at radius 1 is 0.279 bits per heavy atom. The van der Waals surface area contributed by atoms with E-state index in [1.807, 2.05) is 0 Å². The van der Waals surface area contributed by atoms with Gasteiger partial charge < -0.3 is 0 Å². The van der Waals surface area contributed by atoms with Crippen molar-refractivity contribution in [2.45, 2.75) is 5.41 Å². The summed E-state index contributed by atoms with van der Waals surface area (Å²) < 4.78 is 0. The largest absolute Gasteiger partial charge is 0.228 e. The fourth-order valence-electron chi connectivity index (χ4n) is 10.7. The quantitative estimate of drug-likeness (QED) is 0.132. The maximum absolute atomic E-state index is 5.40. The van der Waals surface area contributed by atoms with E-state index in [1.54, 1.807) is 0 Å². The van der Waals surface area contributed by atoms with Gasteiger partial charge in [0.15, 0.2) is 5.82 Å². The third-order valence-electron chi connectivity index (χ3n) is 13.3. The Kier molecular flexibility index (Phi) is 7.26. The molecule has 282 valence electrons. The number of rotatable bonds is 4. The first-order chi connectivity index (χ1) is 30.2. The fraction of sp³-hybridized carbons (Fsp3) is 0.0169. The van der Waals surface area contributed by atoms with Gasteiger partial charge in [-0.15, -0.1) is 0 Å². The molecule has 0 bridgehead atoms. The minimum Gasteiger partial charge on any atom is -0.228 e. The third-order valence-corrected chi connectivity index (χ3v) is 13.3. The molecule has 1 heterocycles. The lowest BCUT2D eigenvalue weighted by Gasteiger charge is -2.30. The molecule has 0 atom stereocenters. The van der Waals surface area contributed by atoms with E-state index in [2.05, 4.69) is 218 Å². The lowest BCUT2D eigenvalue weighted by molar-refractivity contribution is 0.794. The molecule has 0 radical (unpaired) electrons. The highest BCUT2D eigenvalue weighted by Gasteiger charge is 2.51. The van der Waals surface area contributed by atoms with Crippen LogP contribution in [0.3, 0.4) is 0 Å².